The third kappa shape index (κ3) is 4.15. The fraction of sp³-hybridized carbons (Fsp3) is 0.0455. The fourth-order valence-electron chi connectivity index (χ4n) is 3.18. The van der Waals surface area contributed by atoms with E-state index < -0.39 is 14.9 Å². The zero-order valence-corrected chi connectivity index (χ0v) is 18.0. The Bertz CT molecular complexity index is 1540. The van der Waals surface area contributed by atoms with Gasteiger partial charge >= 0.3 is 0 Å². The molecule has 0 bridgehead atoms. The average molecular weight is 460 g/mol. The normalized spacial score (nSPS) is 11.5. The summed E-state index contributed by atoms with van der Waals surface area (Å²) in [7, 11) is -4.31. The number of pyridine rings is 1. The largest absolute Gasteiger partial charge is 0.284 e. The van der Waals surface area contributed by atoms with E-state index in [0.717, 1.165) is 10.5 Å². The van der Waals surface area contributed by atoms with Gasteiger partial charge in [0.1, 0.15) is 0 Å². The van der Waals surface area contributed by atoms with Crippen molar-refractivity contribution in [1.82, 2.24) is 9.61 Å². The Morgan fingerprint density at radius 2 is 1.94 bits per heavy atom. The number of fused-ring (bicyclic) bond motifs is 1. The quantitative estimate of drug-likeness (QED) is 0.245. The highest BCUT2D eigenvalue weighted by atomic mass is 32.2. The van der Waals surface area contributed by atoms with Crippen LogP contribution in [0.25, 0.3) is 5.52 Å². The van der Waals surface area contributed by atoms with Gasteiger partial charge in [0, 0.05) is 23.9 Å². The summed E-state index contributed by atoms with van der Waals surface area (Å²) in [6.45, 7) is 1.55. The number of anilines is 1. The second-order valence-electron chi connectivity index (χ2n) is 6.99. The molecule has 4 aromatic rings. The van der Waals surface area contributed by atoms with Crippen LogP contribution >= 0.6 is 0 Å². The van der Waals surface area contributed by atoms with Crippen LogP contribution in [0.4, 0.5) is 11.4 Å². The van der Waals surface area contributed by atoms with Gasteiger partial charge in [0.15, 0.2) is 0 Å². The minimum Gasteiger partial charge on any atom is -0.258 e. The average Bonchev–Trinajstić information content (AvgIpc) is 3.22. The van der Waals surface area contributed by atoms with Crippen LogP contribution in [0.15, 0.2) is 83.1 Å². The highest BCUT2D eigenvalue weighted by molar-refractivity contribution is 7.92. The van der Waals surface area contributed by atoms with E-state index in [-0.39, 0.29) is 16.3 Å². The van der Waals surface area contributed by atoms with Crippen LogP contribution in [-0.2, 0) is 10.0 Å². The maximum Gasteiger partial charge on any atom is 0.284 e. The number of nitrogens with zero attached hydrogens (tertiary/aromatic N) is 6. The number of hydrazone groups is 1. The van der Waals surface area contributed by atoms with Gasteiger partial charge in [-0.15, -0.1) is 0 Å². The molecule has 0 spiro atoms. The molecule has 0 aliphatic carbocycles. The summed E-state index contributed by atoms with van der Waals surface area (Å²) in [5.41, 5.74) is 1.70. The maximum atomic E-state index is 13.6. The second-order valence-corrected chi connectivity index (χ2v) is 8.73. The van der Waals surface area contributed by atoms with Gasteiger partial charge in [-0.25, -0.2) is 4.52 Å². The summed E-state index contributed by atoms with van der Waals surface area (Å²) in [5.74, 6) is 0. The maximum absolute atomic E-state index is 13.6. The standard InChI is InChI=1S/C22H16N6O4S/c1-16-7-8-20(28(29)30)12-22(16)33(31,32)27(19-5-3-2-4-6-19)25-15-18-14-24-26-10-9-17(13-23)11-21(18)26/h2-12,14-15H,1H3/b25-15+. The van der Waals surface area contributed by atoms with Gasteiger partial charge in [-0.2, -0.15) is 28.3 Å². The molecule has 0 aliphatic heterocycles. The molecule has 4 rings (SSSR count). The first-order valence-electron chi connectivity index (χ1n) is 9.58. The zero-order valence-electron chi connectivity index (χ0n) is 17.2. The predicted molar refractivity (Wildman–Crippen MR) is 121 cm³/mol. The number of para-hydroxylation sites is 1. The number of nitriles is 1. The number of hydrogen-bond donors (Lipinski definition) is 0. The van der Waals surface area contributed by atoms with Gasteiger partial charge in [-0.3, -0.25) is 10.1 Å². The molecule has 0 atom stereocenters. The molecular weight excluding hydrogens is 444 g/mol. The SMILES string of the molecule is Cc1ccc([N+](=O)[O-])cc1S(=O)(=O)N(/N=C/c1cnn2ccc(C#N)cc12)c1ccccc1. The summed E-state index contributed by atoms with van der Waals surface area (Å²) in [6.07, 6.45) is 4.43. The van der Waals surface area contributed by atoms with Crippen molar-refractivity contribution in [3.05, 3.63) is 99.9 Å². The molecule has 164 valence electrons. The summed E-state index contributed by atoms with van der Waals surface area (Å²) in [4.78, 5) is 10.3. The Morgan fingerprint density at radius 1 is 1.18 bits per heavy atom. The molecule has 0 unspecified atom stereocenters. The highest BCUT2D eigenvalue weighted by Crippen LogP contribution is 2.29. The molecule has 2 aromatic carbocycles. The van der Waals surface area contributed by atoms with Crippen LogP contribution in [-0.4, -0.2) is 29.2 Å². The van der Waals surface area contributed by atoms with Crippen molar-refractivity contribution in [2.45, 2.75) is 11.8 Å². The lowest BCUT2D eigenvalue weighted by Crippen LogP contribution is -2.26. The number of benzene rings is 2. The van der Waals surface area contributed by atoms with E-state index in [2.05, 4.69) is 10.2 Å². The number of hydrogen-bond acceptors (Lipinski definition) is 7. The Labute approximate surface area is 188 Å². The van der Waals surface area contributed by atoms with Crippen LogP contribution in [0, 0.1) is 28.4 Å². The molecule has 11 heteroatoms. The van der Waals surface area contributed by atoms with Gasteiger partial charge in [0.25, 0.3) is 15.7 Å². The monoisotopic (exact) mass is 460 g/mol. The smallest absolute Gasteiger partial charge is 0.258 e. The molecule has 0 aliphatic rings. The number of non-ortho nitro benzene ring substituents is 1. The molecule has 33 heavy (non-hydrogen) atoms. The number of aryl methyl sites for hydroxylation is 1. The van der Waals surface area contributed by atoms with Crippen molar-refractivity contribution < 1.29 is 13.3 Å². The number of nitro groups is 1. The zero-order chi connectivity index (χ0) is 23.6. The molecule has 2 heterocycles. The van der Waals surface area contributed by atoms with Crippen molar-refractivity contribution in [2.75, 3.05) is 4.41 Å². The third-order valence-electron chi connectivity index (χ3n) is 4.85. The molecule has 10 nitrogen and oxygen atoms in total. The van der Waals surface area contributed by atoms with Crippen molar-refractivity contribution in [3.63, 3.8) is 0 Å². The lowest BCUT2D eigenvalue weighted by molar-refractivity contribution is -0.385. The molecule has 0 amide bonds. The lowest BCUT2D eigenvalue weighted by atomic mass is 10.2. The molecular formula is C22H16N6O4S. The topological polar surface area (TPSA) is 134 Å². The minimum absolute atomic E-state index is 0.232. The fourth-order valence-corrected chi connectivity index (χ4v) is 4.68. The summed E-state index contributed by atoms with van der Waals surface area (Å²) < 4.78 is 29.5. The van der Waals surface area contributed by atoms with Crippen LogP contribution in [0.3, 0.4) is 0 Å². The molecule has 0 saturated heterocycles. The number of rotatable bonds is 6. The molecule has 0 saturated carbocycles. The molecule has 2 aromatic heterocycles. The van der Waals surface area contributed by atoms with Crippen LogP contribution in [0.1, 0.15) is 16.7 Å². The summed E-state index contributed by atoms with van der Waals surface area (Å²) >= 11 is 0. The highest BCUT2D eigenvalue weighted by Gasteiger charge is 2.28. The van der Waals surface area contributed by atoms with Gasteiger partial charge in [-0.1, -0.05) is 24.3 Å². The van der Waals surface area contributed by atoms with Gasteiger partial charge < -0.3 is 0 Å². The minimum atomic E-state index is -4.31. The van der Waals surface area contributed by atoms with E-state index in [1.54, 1.807) is 55.6 Å². The van der Waals surface area contributed by atoms with Crippen molar-refractivity contribution in [3.8, 4) is 6.07 Å². The van der Waals surface area contributed by atoms with E-state index in [4.69, 9.17) is 5.26 Å². The van der Waals surface area contributed by atoms with E-state index in [1.165, 1.54) is 29.1 Å². The number of aromatic nitrogens is 2. The van der Waals surface area contributed by atoms with Crippen molar-refractivity contribution >= 4 is 33.1 Å². The van der Waals surface area contributed by atoms with Crippen LogP contribution in [0.2, 0.25) is 0 Å². The van der Waals surface area contributed by atoms with E-state index in [1.807, 2.05) is 6.07 Å². The van der Waals surface area contributed by atoms with Gasteiger partial charge in [0.2, 0.25) is 0 Å². The lowest BCUT2D eigenvalue weighted by Gasteiger charge is -2.20. The van der Waals surface area contributed by atoms with E-state index >= 15 is 0 Å². The van der Waals surface area contributed by atoms with Crippen LogP contribution < -0.4 is 4.41 Å². The first-order chi connectivity index (χ1) is 15.8. The molecule has 0 N–H and O–H groups in total. The van der Waals surface area contributed by atoms with E-state index in [9.17, 15) is 18.5 Å². The molecule has 0 fully saturated rings. The first kappa shape index (κ1) is 21.7. The number of sulfonamides is 1. The first-order valence-corrected chi connectivity index (χ1v) is 11.0. The van der Waals surface area contributed by atoms with Crippen LogP contribution in [0.5, 0.6) is 0 Å². The third-order valence-corrected chi connectivity index (χ3v) is 6.60. The molecule has 0 radical (unpaired) electrons. The predicted octanol–water partition coefficient (Wildman–Crippen LogP) is 3.65. The van der Waals surface area contributed by atoms with E-state index in [0.29, 0.717) is 22.2 Å². The van der Waals surface area contributed by atoms with Gasteiger partial charge in [-0.05, 0) is 36.8 Å². The Kier molecular flexibility index (Phi) is 5.60. The summed E-state index contributed by atoms with van der Waals surface area (Å²) in [5, 5.41) is 28.8. The Morgan fingerprint density at radius 3 is 2.64 bits per heavy atom. The number of nitro benzene ring substituents is 1. The van der Waals surface area contributed by atoms with Crippen molar-refractivity contribution in [2.24, 2.45) is 5.10 Å². The van der Waals surface area contributed by atoms with Gasteiger partial charge in [0.05, 0.1) is 45.1 Å². The van der Waals surface area contributed by atoms with Crippen molar-refractivity contribution in [1.29, 1.82) is 5.26 Å². The summed E-state index contributed by atoms with van der Waals surface area (Å²) in [6, 6.07) is 17.1. The second kappa shape index (κ2) is 8.52. The Balaban J connectivity index is 1.85. The Hall–Kier alpha value is -4.56.